The van der Waals surface area contributed by atoms with Gasteiger partial charge in [0.05, 0.1) is 11.4 Å². The molecule has 0 saturated heterocycles. The highest BCUT2D eigenvalue weighted by molar-refractivity contribution is 7.18. The van der Waals surface area contributed by atoms with E-state index in [1.54, 1.807) is 0 Å². The molecular weight excluding hydrogens is 354 g/mol. The van der Waals surface area contributed by atoms with Crippen molar-refractivity contribution in [3.8, 4) is 10.4 Å². The van der Waals surface area contributed by atoms with E-state index in [9.17, 15) is 4.79 Å². The van der Waals surface area contributed by atoms with Crippen LogP contribution in [-0.2, 0) is 6.42 Å². The number of carbonyl (C=O) groups excluding carboxylic acids is 1. The van der Waals surface area contributed by atoms with Crippen molar-refractivity contribution in [3.05, 3.63) is 76.7 Å². The van der Waals surface area contributed by atoms with Gasteiger partial charge in [0, 0.05) is 10.4 Å². The average molecular weight is 375 g/mol. The molecule has 4 rings (SSSR count). The summed E-state index contributed by atoms with van der Waals surface area (Å²) in [5.41, 5.74) is 13.7. The first-order valence-electron chi connectivity index (χ1n) is 9.12. The molecule has 2 aromatic carbocycles. The number of thiophene rings is 1. The second-order valence-electron chi connectivity index (χ2n) is 6.62. The van der Waals surface area contributed by atoms with E-state index in [4.69, 9.17) is 5.73 Å². The van der Waals surface area contributed by atoms with Crippen LogP contribution in [0.4, 0.5) is 5.69 Å². The van der Waals surface area contributed by atoms with E-state index in [1.807, 2.05) is 42.5 Å². The summed E-state index contributed by atoms with van der Waals surface area (Å²) in [7, 11) is 0. The summed E-state index contributed by atoms with van der Waals surface area (Å²) in [6.45, 7) is 0. The maximum atomic E-state index is 12.7. The van der Waals surface area contributed by atoms with E-state index in [1.165, 1.54) is 16.9 Å². The highest BCUT2D eigenvalue weighted by Crippen LogP contribution is 2.33. The third kappa shape index (κ3) is 3.78. The third-order valence-electron chi connectivity index (χ3n) is 4.76. The smallest absolute Gasteiger partial charge is 0.283 e. The van der Waals surface area contributed by atoms with E-state index < -0.39 is 0 Å². The maximum Gasteiger partial charge on any atom is 0.283 e. The van der Waals surface area contributed by atoms with Crippen LogP contribution in [0.25, 0.3) is 10.4 Å². The number of hydrogen-bond donors (Lipinski definition) is 2. The second-order valence-corrected chi connectivity index (χ2v) is 7.68. The number of hydrazone groups is 1. The van der Waals surface area contributed by atoms with Crippen LogP contribution in [-0.4, -0.2) is 11.6 Å². The minimum absolute atomic E-state index is 0.256. The molecule has 136 valence electrons. The quantitative estimate of drug-likeness (QED) is 0.507. The molecule has 0 aliphatic heterocycles. The van der Waals surface area contributed by atoms with Crippen LogP contribution in [0.3, 0.4) is 0 Å². The summed E-state index contributed by atoms with van der Waals surface area (Å²) < 4.78 is 0. The first-order chi connectivity index (χ1) is 13.2. The van der Waals surface area contributed by atoms with Gasteiger partial charge in [0.15, 0.2) is 0 Å². The summed E-state index contributed by atoms with van der Waals surface area (Å²) in [6.07, 6.45) is 4.14. The normalized spacial score (nSPS) is 15.2. The van der Waals surface area contributed by atoms with Crippen molar-refractivity contribution in [2.75, 3.05) is 5.73 Å². The van der Waals surface area contributed by atoms with Gasteiger partial charge < -0.3 is 5.73 Å². The molecule has 4 nitrogen and oxygen atoms in total. The Labute approximate surface area is 162 Å². The van der Waals surface area contributed by atoms with Gasteiger partial charge in [-0.3, -0.25) is 4.79 Å². The third-order valence-corrected chi connectivity index (χ3v) is 5.95. The Morgan fingerprint density at radius 3 is 2.59 bits per heavy atom. The summed E-state index contributed by atoms with van der Waals surface area (Å²) >= 11 is 1.39. The van der Waals surface area contributed by atoms with Crippen LogP contribution in [0.2, 0.25) is 0 Å². The van der Waals surface area contributed by atoms with Gasteiger partial charge in [0.25, 0.3) is 5.91 Å². The Kier molecular flexibility index (Phi) is 5.03. The molecule has 1 aromatic heterocycles. The fourth-order valence-corrected chi connectivity index (χ4v) is 4.35. The number of hydrogen-bond acceptors (Lipinski definition) is 4. The molecule has 0 radical (unpaired) electrons. The fraction of sp³-hybridized carbons (Fsp3) is 0.182. The van der Waals surface area contributed by atoms with Crippen molar-refractivity contribution in [1.29, 1.82) is 0 Å². The zero-order valence-electron chi connectivity index (χ0n) is 14.9. The number of aryl methyl sites for hydroxylation is 1. The molecule has 1 aliphatic carbocycles. The number of nitrogens with zero attached hydrogens (tertiary/aromatic N) is 1. The molecule has 5 heteroatoms. The Bertz CT molecular complexity index is 992. The lowest BCUT2D eigenvalue weighted by atomic mass is 10.0. The van der Waals surface area contributed by atoms with E-state index in [0.717, 1.165) is 47.4 Å². The number of amides is 1. The van der Waals surface area contributed by atoms with Crippen molar-refractivity contribution in [3.63, 3.8) is 0 Å². The molecule has 0 bridgehead atoms. The van der Waals surface area contributed by atoms with E-state index >= 15 is 0 Å². The van der Waals surface area contributed by atoms with Crippen LogP contribution in [0, 0.1) is 0 Å². The van der Waals surface area contributed by atoms with Gasteiger partial charge in [-0.25, -0.2) is 5.43 Å². The van der Waals surface area contributed by atoms with Gasteiger partial charge in [-0.2, -0.15) is 5.10 Å². The molecule has 3 aromatic rings. The zero-order chi connectivity index (χ0) is 18.6. The first kappa shape index (κ1) is 17.5. The van der Waals surface area contributed by atoms with Crippen LogP contribution in [0.5, 0.6) is 0 Å². The second kappa shape index (κ2) is 7.76. The van der Waals surface area contributed by atoms with Crippen LogP contribution in [0.15, 0.2) is 65.8 Å². The number of nitrogens with one attached hydrogen (secondary N) is 1. The molecule has 0 unspecified atom stereocenters. The molecular formula is C22H21N3OS. The predicted molar refractivity (Wildman–Crippen MR) is 112 cm³/mol. The number of rotatable bonds is 3. The molecule has 0 atom stereocenters. The van der Waals surface area contributed by atoms with Crippen molar-refractivity contribution in [2.24, 2.45) is 5.10 Å². The van der Waals surface area contributed by atoms with Crippen LogP contribution in [0.1, 0.15) is 40.1 Å². The summed E-state index contributed by atoms with van der Waals surface area (Å²) in [5, 5.41) is 4.45. The van der Waals surface area contributed by atoms with E-state index in [-0.39, 0.29) is 5.91 Å². The molecule has 0 saturated carbocycles. The number of nitrogens with two attached hydrogens (primary N) is 1. The lowest BCUT2D eigenvalue weighted by Gasteiger charge is -2.08. The van der Waals surface area contributed by atoms with Gasteiger partial charge in [-0.1, -0.05) is 54.6 Å². The van der Waals surface area contributed by atoms with Crippen molar-refractivity contribution in [1.82, 2.24) is 5.43 Å². The molecule has 27 heavy (non-hydrogen) atoms. The van der Waals surface area contributed by atoms with E-state index in [2.05, 4.69) is 28.7 Å². The minimum atomic E-state index is -0.256. The van der Waals surface area contributed by atoms with Gasteiger partial charge in [-0.05, 0) is 42.9 Å². The molecule has 1 aliphatic rings. The minimum Gasteiger partial charge on any atom is -0.397 e. The molecule has 3 N–H and O–H groups in total. The number of benzene rings is 2. The predicted octanol–water partition coefficient (Wildman–Crippen LogP) is 4.86. The first-order valence-corrected chi connectivity index (χ1v) is 9.94. The Morgan fingerprint density at radius 1 is 1.00 bits per heavy atom. The topological polar surface area (TPSA) is 67.5 Å². The highest BCUT2D eigenvalue weighted by atomic mass is 32.1. The number of fused-ring (bicyclic) bond motifs is 1. The molecule has 1 heterocycles. The van der Waals surface area contributed by atoms with Crippen molar-refractivity contribution in [2.45, 2.75) is 25.7 Å². The van der Waals surface area contributed by atoms with Gasteiger partial charge in [0.2, 0.25) is 0 Å². The Morgan fingerprint density at radius 2 is 1.74 bits per heavy atom. The van der Waals surface area contributed by atoms with Gasteiger partial charge in [-0.15, -0.1) is 11.3 Å². The standard InChI is InChI=1S/C22H21N3OS/c23-18-14-20(16-10-2-1-3-11-16)27-21(18)22(26)25-24-19-13-7-5-9-15-8-4-6-12-17(15)19/h1-4,6,8,10-12,14H,5,7,9,13,23H2,(H,25,26). The monoisotopic (exact) mass is 375 g/mol. The fourth-order valence-electron chi connectivity index (χ4n) is 3.37. The lowest BCUT2D eigenvalue weighted by molar-refractivity contribution is 0.0959. The largest absolute Gasteiger partial charge is 0.397 e. The zero-order valence-corrected chi connectivity index (χ0v) is 15.8. The van der Waals surface area contributed by atoms with Crippen molar-refractivity contribution < 1.29 is 4.79 Å². The summed E-state index contributed by atoms with van der Waals surface area (Å²) in [4.78, 5) is 14.1. The molecule has 1 amide bonds. The van der Waals surface area contributed by atoms with Gasteiger partial charge in [0.1, 0.15) is 4.88 Å². The number of anilines is 1. The number of carbonyl (C=O) groups is 1. The van der Waals surface area contributed by atoms with Gasteiger partial charge >= 0.3 is 0 Å². The average Bonchev–Trinajstić information content (AvgIpc) is 2.98. The Balaban J connectivity index is 1.57. The maximum absolute atomic E-state index is 12.7. The van der Waals surface area contributed by atoms with E-state index in [0.29, 0.717) is 10.6 Å². The van der Waals surface area contributed by atoms with Crippen LogP contribution >= 0.6 is 11.3 Å². The van der Waals surface area contributed by atoms with Crippen LogP contribution < -0.4 is 11.2 Å². The molecule has 0 spiro atoms. The number of nitrogen functional groups attached to an aromatic ring is 1. The van der Waals surface area contributed by atoms with Crippen molar-refractivity contribution >= 4 is 28.6 Å². The summed E-state index contributed by atoms with van der Waals surface area (Å²) in [5.74, 6) is -0.256. The Hall–Kier alpha value is -2.92. The highest BCUT2D eigenvalue weighted by Gasteiger charge is 2.17. The summed E-state index contributed by atoms with van der Waals surface area (Å²) in [6, 6.07) is 20.1. The SMILES string of the molecule is Nc1cc(-c2ccccc2)sc1C(=O)NN=C1CCCCc2ccccc21. The molecule has 0 fully saturated rings. The lowest BCUT2D eigenvalue weighted by Crippen LogP contribution is -2.20.